The van der Waals surface area contributed by atoms with Crippen LogP contribution in [0.15, 0.2) is 12.1 Å². The van der Waals surface area contributed by atoms with Crippen LogP contribution in [0.1, 0.15) is 80.0 Å². The number of carbonyl (C=O) groups is 2. The van der Waals surface area contributed by atoms with Crippen molar-refractivity contribution in [2.45, 2.75) is 83.4 Å². The van der Waals surface area contributed by atoms with Crippen LogP contribution in [-0.4, -0.2) is 68.1 Å². The van der Waals surface area contributed by atoms with Gasteiger partial charge in [-0.2, -0.15) is 0 Å². The number of fused-ring (bicyclic) bond motifs is 1. The van der Waals surface area contributed by atoms with Crippen LogP contribution in [0.5, 0.6) is 0 Å². The Morgan fingerprint density at radius 1 is 1.09 bits per heavy atom. The summed E-state index contributed by atoms with van der Waals surface area (Å²) < 4.78 is 2.03. The summed E-state index contributed by atoms with van der Waals surface area (Å²) >= 11 is 0. The van der Waals surface area contributed by atoms with Crippen LogP contribution in [0.3, 0.4) is 0 Å². The Morgan fingerprint density at radius 3 is 2.47 bits per heavy atom. The topological polar surface area (TPSA) is 78.7 Å². The molecule has 3 fully saturated rings. The standard InChI is InChI=1S/C25H34N4O3/c1-3-16-13-18(17-5-6-17)14-21-23(16)26-24(28(21)4-2)25(32)27-11-12-29(22(31)15-27)19-7-9-20(30)10-8-19/h13-14,17,19-20,30H,3-12,15H2,1-2H3/t19-,20-. The fourth-order valence-corrected chi connectivity index (χ4v) is 5.48. The molecular weight excluding hydrogens is 404 g/mol. The molecule has 1 aromatic carbocycles. The molecule has 1 aromatic heterocycles. The van der Waals surface area contributed by atoms with E-state index in [-0.39, 0.29) is 30.5 Å². The molecule has 1 saturated heterocycles. The van der Waals surface area contributed by atoms with Gasteiger partial charge in [0.1, 0.15) is 6.54 Å². The maximum Gasteiger partial charge on any atom is 0.290 e. The van der Waals surface area contributed by atoms with Crippen molar-refractivity contribution in [3.63, 3.8) is 0 Å². The van der Waals surface area contributed by atoms with E-state index in [1.807, 2.05) is 16.4 Å². The van der Waals surface area contributed by atoms with E-state index in [0.29, 0.717) is 31.4 Å². The molecule has 7 nitrogen and oxygen atoms in total. The van der Waals surface area contributed by atoms with Crippen molar-refractivity contribution in [1.29, 1.82) is 0 Å². The zero-order valence-corrected chi connectivity index (χ0v) is 19.2. The number of nitrogens with zero attached hydrogens (tertiary/aromatic N) is 4. The van der Waals surface area contributed by atoms with Gasteiger partial charge in [0.15, 0.2) is 5.82 Å². The van der Waals surface area contributed by atoms with Crippen molar-refractivity contribution < 1.29 is 14.7 Å². The number of imidazole rings is 1. The summed E-state index contributed by atoms with van der Waals surface area (Å²) in [6, 6.07) is 4.68. The molecule has 172 valence electrons. The minimum absolute atomic E-state index is 0.00964. The fraction of sp³-hybridized carbons (Fsp3) is 0.640. The molecule has 0 spiro atoms. The van der Waals surface area contributed by atoms with E-state index in [1.165, 1.54) is 24.0 Å². The van der Waals surface area contributed by atoms with E-state index < -0.39 is 0 Å². The molecule has 2 saturated carbocycles. The molecule has 2 aromatic rings. The van der Waals surface area contributed by atoms with Crippen LogP contribution < -0.4 is 0 Å². The van der Waals surface area contributed by atoms with Crippen LogP contribution in [0, 0.1) is 0 Å². The summed E-state index contributed by atoms with van der Waals surface area (Å²) in [5.74, 6) is 0.961. The van der Waals surface area contributed by atoms with Crippen molar-refractivity contribution in [1.82, 2.24) is 19.4 Å². The van der Waals surface area contributed by atoms with Crippen LogP contribution in [0.2, 0.25) is 0 Å². The van der Waals surface area contributed by atoms with Crippen LogP contribution in [-0.2, 0) is 17.8 Å². The predicted octanol–water partition coefficient (Wildman–Crippen LogP) is 3.08. The second-order valence-corrected chi connectivity index (χ2v) is 9.63. The number of hydrogen-bond donors (Lipinski definition) is 1. The number of hydrogen-bond acceptors (Lipinski definition) is 4. The highest BCUT2D eigenvalue weighted by Gasteiger charge is 2.35. The molecule has 0 atom stereocenters. The average molecular weight is 439 g/mol. The monoisotopic (exact) mass is 438 g/mol. The number of amides is 2. The highest BCUT2D eigenvalue weighted by Crippen LogP contribution is 2.42. The highest BCUT2D eigenvalue weighted by atomic mass is 16.3. The third-order valence-corrected chi connectivity index (χ3v) is 7.54. The number of benzene rings is 1. The normalized spacial score (nSPS) is 24.4. The zero-order valence-electron chi connectivity index (χ0n) is 19.2. The predicted molar refractivity (Wildman–Crippen MR) is 123 cm³/mol. The lowest BCUT2D eigenvalue weighted by Gasteiger charge is -2.41. The second kappa shape index (κ2) is 8.50. The van der Waals surface area contributed by atoms with Crippen molar-refractivity contribution >= 4 is 22.8 Å². The number of aliphatic hydroxyl groups excluding tert-OH is 1. The summed E-state index contributed by atoms with van der Waals surface area (Å²) in [6.45, 7) is 6.06. The van der Waals surface area contributed by atoms with Crippen molar-refractivity contribution in [2.75, 3.05) is 19.6 Å². The van der Waals surface area contributed by atoms with Crippen LogP contribution in [0.4, 0.5) is 0 Å². The van der Waals surface area contributed by atoms with Gasteiger partial charge in [0, 0.05) is 25.7 Å². The molecule has 1 N–H and O–H groups in total. The summed E-state index contributed by atoms with van der Waals surface area (Å²) in [6.07, 6.45) is 6.32. The maximum absolute atomic E-state index is 13.5. The van der Waals surface area contributed by atoms with E-state index in [9.17, 15) is 14.7 Å². The molecule has 0 bridgehead atoms. The van der Waals surface area contributed by atoms with Gasteiger partial charge >= 0.3 is 0 Å². The van der Waals surface area contributed by atoms with E-state index in [0.717, 1.165) is 43.1 Å². The Labute approximate surface area is 189 Å². The van der Waals surface area contributed by atoms with Crippen molar-refractivity contribution in [3.8, 4) is 0 Å². The van der Waals surface area contributed by atoms with Gasteiger partial charge in [-0.05, 0) is 75.0 Å². The second-order valence-electron chi connectivity index (χ2n) is 9.63. The summed E-state index contributed by atoms with van der Waals surface area (Å²) in [4.78, 5) is 34.8. The van der Waals surface area contributed by atoms with Crippen LogP contribution in [0.25, 0.3) is 11.0 Å². The SMILES string of the molecule is CCc1cc(C2CC2)cc2c1nc(C(=O)N1CCN([C@H]3CC[C@H](O)CC3)C(=O)C1)n2CC. The van der Waals surface area contributed by atoms with Gasteiger partial charge in [-0.25, -0.2) is 4.98 Å². The molecule has 3 aliphatic rings. The Bertz CT molecular complexity index is 1030. The van der Waals surface area contributed by atoms with Gasteiger partial charge in [0.25, 0.3) is 5.91 Å². The lowest BCUT2D eigenvalue weighted by molar-refractivity contribution is -0.138. The van der Waals surface area contributed by atoms with Gasteiger partial charge in [0.2, 0.25) is 5.91 Å². The molecule has 0 radical (unpaired) electrons. The zero-order chi connectivity index (χ0) is 22.4. The summed E-state index contributed by atoms with van der Waals surface area (Å²) in [5, 5.41) is 9.76. The molecule has 2 heterocycles. The Kier molecular flexibility index (Phi) is 5.70. The van der Waals surface area contributed by atoms with E-state index in [2.05, 4.69) is 19.1 Å². The van der Waals surface area contributed by atoms with Crippen molar-refractivity contribution in [2.24, 2.45) is 0 Å². The molecule has 7 heteroatoms. The van der Waals surface area contributed by atoms with Gasteiger partial charge < -0.3 is 19.5 Å². The lowest BCUT2D eigenvalue weighted by atomic mass is 9.91. The molecule has 0 unspecified atom stereocenters. The van der Waals surface area contributed by atoms with E-state index in [4.69, 9.17) is 4.98 Å². The smallest absolute Gasteiger partial charge is 0.290 e. The Balaban J connectivity index is 1.38. The lowest BCUT2D eigenvalue weighted by Crippen LogP contribution is -2.56. The summed E-state index contributed by atoms with van der Waals surface area (Å²) in [7, 11) is 0. The number of carbonyl (C=O) groups excluding carboxylic acids is 2. The first-order valence-electron chi connectivity index (χ1n) is 12.3. The van der Waals surface area contributed by atoms with Gasteiger partial charge in [-0.15, -0.1) is 0 Å². The minimum Gasteiger partial charge on any atom is -0.393 e. The minimum atomic E-state index is -0.236. The number of aliphatic hydroxyl groups is 1. The summed E-state index contributed by atoms with van der Waals surface area (Å²) in [5.41, 5.74) is 4.53. The van der Waals surface area contributed by atoms with Crippen LogP contribution >= 0.6 is 0 Å². The fourth-order valence-electron chi connectivity index (χ4n) is 5.48. The Hall–Kier alpha value is -2.41. The molecule has 5 rings (SSSR count). The first kappa shape index (κ1) is 21.4. The number of piperazine rings is 1. The first-order valence-corrected chi connectivity index (χ1v) is 12.3. The highest BCUT2D eigenvalue weighted by molar-refractivity contribution is 5.98. The molecule has 1 aliphatic heterocycles. The van der Waals surface area contributed by atoms with Gasteiger partial charge in [-0.3, -0.25) is 9.59 Å². The first-order chi connectivity index (χ1) is 15.5. The van der Waals surface area contributed by atoms with Crippen molar-refractivity contribution in [3.05, 3.63) is 29.1 Å². The molecule has 2 amide bonds. The van der Waals surface area contributed by atoms with Gasteiger partial charge in [-0.1, -0.05) is 13.0 Å². The quantitative estimate of drug-likeness (QED) is 0.778. The Morgan fingerprint density at radius 2 is 1.84 bits per heavy atom. The maximum atomic E-state index is 13.5. The largest absolute Gasteiger partial charge is 0.393 e. The molecule has 2 aliphatic carbocycles. The number of aryl methyl sites for hydroxylation is 2. The van der Waals surface area contributed by atoms with E-state index >= 15 is 0 Å². The molecular formula is C25H34N4O3. The average Bonchev–Trinajstić information content (AvgIpc) is 3.59. The third-order valence-electron chi connectivity index (χ3n) is 7.54. The van der Waals surface area contributed by atoms with E-state index in [1.54, 1.807) is 4.90 Å². The number of rotatable bonds is 5. The number of aromatic nitrogens is 2. The molecule has 32 heavy (non-hydrogen) atoms. The van der Waals surface area contributed by atoms with Gasteiger partial charge in [0.05, 0.1) is 17.1 Å². The third kappa shape index (κ3) is 3.81.